The van der Waals surface area contributed by atoms with Gasteiger partial charge in [-0.15, -0.1) is 0 Å². The molecule has 1 saturated carbocycles. The maximum absolute atomic E-state index is 9.87. The zero-order valence-electron chi connectivity index (χ0n) is 8.58. The standard InChI is InChI=1S/C11H21NO/c1-9-6-7-12(8-9)10-4-2-3-5-11(10)13/h9-11,13H,2-8H2,1H3/t9-,10+,11+/m1/s1. The van der Waals surface area contributed by atoms with Crippen molar-refractivity contribution in [2.75, 3.05) is 13.1 Å². The van der Waals surface area contributed by atoms with Crippen LogP contribution < -0.4 is 0 Å². The second-order valence-corrected chi connectivity index (χ2v) is 4.81. The number of nitrogens with zero attached hydrogens (tertiary/aromatic N) is 1. The summed E-state index contributed by atoms with van der Waals surface area (Å²) in [6, 6.07) is 0.485. The van der Waals surface area contributed by atoms with Gasteiger partial charge in [-0.2, -0.15) is 0 Å². The highest BCUT2D eigenvalue weighted by Crippen LogP contribution is 2.27. The van der Waals surface area contributed by atoms with Gasteiger partial charge in [0.05, 0.1) is 6.10 Å². The lowest BCUT2D eigenvalue weighted by Gasteiger charge is -2.35. The van der Waals surface area contributed by atoms with E-state index in [2.05, 4.69) is 11.8 Å². The Morgan fingerprint density at radius 1 is 1.15 bits per heavy atom. The minimum absolute atomic E-state index is 0.0425. The van der Waals surface area contributed by atoms with Gasteiger partial charge in [0.1, 0.15) is 0 Å². The van der Waals surface area contributed by atoms with Crippen LogP contribution in [0.15, 0.2) is 0 Å². The van der Waals surface area contributed by atoms with E-state index in [-0.39, 0.29) is 6.10 Å². The van der Waals surface area contributed by atoms with Crippen molar-refractivity contribution in [3.63, 3.8) is 0 Å². The zero-order valence-corrected chi connectivity index (χ0v) is 8.58. The van der Waals surface area contributed by atoms with Crippen molar-refractivity contribution in [2.45, 2.75) is 51.2 Å². The smallest absolute Gasteiger partial charge is 0.0695 e. The molecule has 2 heteroatoms. The molecule has 76 valence electrons. The predicted octanol–water partition coefficient (Wildman–Crippen LogP) is 1.63. The SMILES string of the molecule is C[C@@H]1CCN([C@H]2CCCC[C@@H]2O)C1. The van der Waals surface area contributed by atoms with E-state index in [1.807, 2.05) is 0 Å². The van der Waals surface area contributed by atoms with Gasteiger partial charge in [-0.1, -0.05) is 19.8 Å². The van der Waals surface area contributed by atoms with Crippen LogP contribution in [0.1, 0.15) is 39.0 Å². The van der Waals surface area contributed by atoms with E-state index in [0.717, 1.165) is 12.3 Å². The fourth-order valence-electron chi connectivity index (χ4n) is 2.79. The third-order valence-corrected chi connectivity index (χ3v) is 3.62. The molecule has 1 aliphatic carbocycles. The molecule has 1 heterocycles. The van der Waals surface area contributed by atoms with E-state index in [4.69, 9.17) is 0 Å². The molecule has 0 amide bonds. The molecule has 0 aromatic rings. The normalized spacial score (nSPS) is 42.5. The van der Waals surface area contributed by atoms with Crippen LogP contribution in [0, 0.1) is 5.92 Å². The average Bonchev–Trinajstić information content (AvgIpc) is 2.53. The Labute approximate surface area is 80.9 Å². The molecule has 13 heavy (non-hydrogen) atoms. The van der Waals surface area contributed by atoms with Crippen molar-refractivity contribution >= 4 is 0 Å². The Morgan fingerprint density at radius 3 is 2.54 bits per heavy atom. The number of hydrogen-bond donors (Lipinski definition) is 1. The van der Waals surface area contributed by atoms with Crippen molar-refractivity contribution < 1.29 is 5.11 Å². The molecule has 0 radical (unpaired) electrons. The first kappa shape index (κ1) is 9.47. The maximum atomic E-state index is 9.87. The Kier molecular flexibility index (Phi) is 2.89. The number of aliphatic hydroxyl groups is 1. The van der Waals surface area contributed by atoms with Gasteiger partial charge < -0.3 is 5.11 Å². The van der Waals surface area contributed by atoms with E-state index in [1.165, 1.54) is 38.8 Å². The van der Waals surface area contributed by atoms with Crippen LogP contribution in [-0.4, -0.2) is 35.2 Å². The fourth-order valence-corrected chi connectivity index (χ4v) is 2.79. The molecule has 3 atom stereocenters. The highest BCUT2D eigenvalue weighted by molar-refractivity contribution is 4.86. The number of hydrogen-bond acceptors (Lipinski definition) is 2. The van der Waals surface area contributed by atoms with E-state index < -0.39 is 0 Å². The Hall–Kier alpha value is -0.0800. The van der Waals surface area contributed by atoms with Crippen LogP contribution in [0.4, 0.5) is 0 Å². The molecule has 0 aromatic heterocycles. The first-order chi connectivity index (χ1) is 6.27. The van der Waals surface area contributed by atoms with Gasteiger partial charge in [-0.3, -0.25) is 4.90 Å². The van der Waals surface area contributed by atoms with Crippen molar-refractivity contribution in [1.82, 2.24) is 4.90 Å². The molecule has 0 bridgehead atoms. The van der Waals surface area contributed by atoms with Gasteiger partial charge >= 0.3 is 0 Å². The molecule has 2 rings (SSSR count). The lowest BCUT2D eigenvalue weighted by Crippen LogP contribution is -2.44. The lowest BCUT2D eigenvalue weighted by atomic mass is 9.91. The molecule has 2 nitrogen and oxygen atoms in total. The summed E-state index contributed by atoms with van der Waals surface area (Å²) in [7, 11) is 0. The first-order valence-electron chi connectivity index (χ1n) is 5.69. The van der Waals surface area contributed by atoms with Crippen LogP contribution >= 0.6 is 0 Å². The Bertz CT molecular complexity index is 171. The summed E-state index contributed by atoms with van der Waals surface area (Å²) in [5.74, 6) is 0.842. The summed E-state index contributed by atoms with van der Waals surface area (Å²) in [6.45, 7) is 4.74. The van der Waals surface area contributed by atoms with Crippen molar-refractivity contribution in [2.24, 2.45) is 5.92 Å². The summed E-state index contributed by atoms with van der Waals surface area (Å²) in [6.07, 6.45) is 6.05. The zero-order chi connectivity index (χ0) is 9.26. The van der Waals surface area contributed by atoms with Crippen molar-refractivity contribution in [1.29, 1.82) is 0 Å². The molecule has 1 aliphatic heterocycles. The Morgan fingerprint density at radius 2 is 1.92 bits per heavy atom. The van der Waals surface area contributed by atoms with Crippen LogP contribution in [-0.2, 0) is 0 Å². The largest absolute Gasteiger partial charge is 0.391 e. The molecule has 1 saturated heterocycles. The minimum atomic E-state index is -0.0425. The van der Waals surface area contributed by atoms with Crippen molar-refractivity contribution in [3.05, 3.63) is 0 Å². The quantitative estimate of drug-likeness (QED) is 0.668. The van der Waals surface area contributed by atoms with Gasteiger partial charge in [0.15, 0.2) is 0 Å². The second kappa shape index (κ2) is 3.97. The molecule has 0 unspecified atom stereocenters. The maximum Gasteiger partial charge on any atom is 0.0695 e. The molecular formula is C11H21NO. The van der Waals surface area contributed by atoms with Crippen LogP contribution in [0.3, 0.4) is 0 Å². The van der Waals surface area contributed by atoms with Gasteiger partial charge in [0, 0.05) is 12.6 Å². The van der Waals surface area contributed by atoms with Gasteiger partial charge in [-0.05, 0) is 31.7 Å². The molecule has 1 N–H and O–H groups in total. The lowest BCUT2D eigenvalue weighted by molar-refractivity contribution is 0.0297. The summed E-state index contributed by atoms with van der Waals surface area (Å²) in [5, 5.41) is 9.87. The average molecular weight is 183 g/mol. The highest BCUT2D eigenvalue weighted by Gasteiger charge is 2.32. The third kappa shape index (κ3) is 2.05. The van der Waals surface area contributed by atoms with E-state index in [1.54, 1.807) is 0 Å². The third-order valence-electron chi connectivity index (χ3n) is 3.62. The minimum Gasteiger partial charge on any atom is -0.391 e. The monoisotopic (exact) mass is 183 g/mol. The summed E-state index contributed by atoms with van der Waals surface area (Å²) >= 11 is 0. The second-order valence-electron chi connectivity index (χ2n) is 4.81. The number of likely N-dealkylation sites (tertiary alicyclic amines) is 1. The molecular weight excluding hydrogens is 162 g/mol. The molecule has 0 aromatic carbocycles. The predicted molar refractivity (Wildman–Crippen MR) is 53.6 cm³/mol. The van der Waals surface area contributed by atoms with Crippen LogP contribution in [0.2, 0.25) is 0 Å². The van der Waals surface area contributed by atoms with Crippen LogP contribution in [0.5, 0.6) is 0 Å². The van der Waals surface area contributed by atoms with E-state index >= 15 is 0 Å². The summed E-state index contributed by atoms with van der Waals surface area (Å²) < 4.78 is 0. The van der Waals surface area contributed by atoms with Gasteiger partial charge in [0.25, 0.3) is 0 Å². The highest BCUT2D eigenvalue weighted by atomic mass is 16.3. The number of rotatable bonds is 1. The molecule has 2 aliphatic rings. The van der Waals surface area contributed by atoms with Crippen molar-refractivity contribution in [3.8, 4) is 0 Å². The topological polar surface area (TPSA) is 23.5 Å². The molecule has 2 fully saturated rings. The van der Waals surface area contributed by atoms with E-state index in [9.17, 15) is 5.11 Å². The molecule has 0 spiro atoms. The van der Waals surface area contributed by atoms with Crippen LogP contribution in [0.25, 0.3) is 0 Å². The summed E-state index contributed by atoms with van der Waals surface area (Å²) in [5.41, 5.74) is 0. The van der Waals surface area contributed by atoms with Gasteiger partial charge in [-0.25, -0.2) is 0 Å². The number of aliphatic hydroxyl groups excluding tert-OH is 1. The summed E-state index contributed by atoms with van der Waals surface area (Å²) in [4.78, 5) is 2.51. The van der Waals surface area contributed by atoms with E-state index in [0.29, 0.717) is 6.04 Å². The first-order valence-corrected chi connectivity index (χ1v) is 5.69. The Balaban J connectivity index is 1.91. The fraction of sp³-hybridized carbons (Fsp3) is 1.00. The van der Waals surface area contributed by atoms with Gasteiger partial charge in [0.2, 0.25) is 0 Å².